The molecule has 1 amide bonds. The van der Waals surface area contributed by atoms with Crippen molar-refractivity contribution in [3.05, 3.63) is 60.2 Å². The molecule has 1 N–H and O–H groups in total. The van der Waals surface area contributed by atoms with Crippen LogP contribution in [0.2, 0.25) is 0 Å². The van der Waals surface area contributed by atoms with E-state index < -0.39 is 6.61 Å². The molecule has 0 aliphatic carbocycles. The van der Waals surface area contributed by atoms with Crippen LogP contribution in [0.3, 0.4) is 0 Å². The third-order valence-corrected chi connectivity index (χ3v) is 3.68. The van der Waals surface area contributed by atoms with E-state index in [-0.39, 0.29) is 24.0 Å². The number of hydrogen-bond acceptors (Lipinski definition) is 5. The Balaban J connectivity index is 2.06. The number of hydrogen-bond donors (Lipinski definition) is 1. The minimum atomic E-state index is -2.95. The van der Waals surface area contributed by atoms with Crippen molar-refractivity contribution >= 4 is 5.91 Å². The van der Waals surface area contributed by atoms with E-state index >= 15 is 0 Å². The van der Waals surface area contributed by atoms with Gasteiger partial charge in [-0.05, 0) is 35.9 Å². The molecule has 150 valence electrons. The number of carbonyl (C=O) groups excluding carboxylic acids is 1. The number of benzene rings is 2. The highest BCUT2D eigenvalue weighted by molar-refractivity contribution is 5.94. The van der Waals surface area contributed by atoms with Gasteiger partial charge in [0.05, 0.1) is 14.2 Å². The predicted molar refractivity (Wildman–Crippen MR) is 99.5 cm³/mol. The first-order chi connectivity index (χ1) is 13.5. The number of ether oxygens (including phenoxy) is 4. The minimum Gasteiger partial charge on any atom is -0.493 e. The SMILES string of the molecule is C=CCOc1ccc(C(=O)NCc2ccc(OC(F)F)c(OC)c2)cc1OC. The maximum Gasteiger partial charge on any atom is 0.387 e. The maximum absolute atomic E-state index is 12.4. The molecule has 0 fully saturated rings. The summed E-state index contributed by atoms with van der Waals surface area (Å²) in [4.78, 5) is 12.4. The fourth-order valence-corrected chi connectivity index (χ4v) is 2.38. The van der Waals surface area contributed by atoms with Crippen LogP contribution in [-0.2, 0) is 6.54 Å². The summed E-state index contributed by atoms with van der Waals surface area (Å²) < 4.78 is 44.9. The number of alkyl halides is 2. The van der Waals surface area contributed by atoms with Gasteiger partial charge in [-0.1, -0.05) is 18.7 Å². The summed E-state index contributed by atoms with van der Waals surface area (Å²) in [7, 11) is 2.82. The van der Waals surface area contributed by atoms with Crippen LogP contribution in [0, 0.1) is 0 Å². The molecule has 0 spiro atoms. The van der Waals surface area contributed by atoms with Gasteiger partial charge in [0.25, 0.3) is 5.91 Å². The van der Waals surface area contributed by atoms with Gasteiger partial charge in [0.15, 0.2) is 23.0 Å². The summed E-state index contributed by atoms with van der Waals surface area (Å²) in [6.07, 6.45) is 1.60. The van der Waals surface area contributed by atoms with Crippen LogP contribution in [-0.4, -0.2) is 33.3 Å². The molecular weight excluding hydrogens is 372 g/mol. The Morgan fingerprint density at radius 2 is 1.75 bits per heavy atom. The smallest absolute Gasteiger partial charge is 0.387 e. The number of amides is 1. The lowest BCUT2D eigenvalue weighted by Crippen LogP contribution is -2.22. The monoisotopic (exact) mass is 393 g/mol. The molecule has 0 aromatic heterocycles. The molecule has 0 radical (unpaired) electrons. The van der Waals surface area contributed by atoms with Gasteiger partial charge in [-0.2, -0.15) is 8.78 Å². The fraction of sp³-hybridized carbons (Fsp3) is 0.250. The second-order valence-corrected chi connectivity index (χ2v) is 5.51. The summed E-state index contributed by atoms with van der Waals surface area (Å²) in [6, 6.07) is 9.25. The molecule has 0 aliphatic heterocycles. The first-order valence-electron chi connectivity index (χ1n) is 8.30. The molecule has 0 unspecified atom stereocenters. The molecule has 0 aliphatic rings. The van der Waals surface area contributed by atoms with Crippen molar-refractivity contribution in [1.82, 2.24) is 5.32 Å². The van der Waals surface area contributed by atoms with Crippen molar-refractivity contribution in [1.29, 1.82) is 0 Å². The molecule has 0 saturated heterocycles. The summed E-state index contributed by atoms with van der Waals surface area (Å²) in [5.41, 5.74) is 1.04. The van der Waals surface area contributed by atoms with E-state index in [0.717, 1.165) is 0 Å². The molecule has 6 nitrogen and oxygen atoms in total. The maximum atomic E-state index is 12.4. The van der Waals surface area contributed by atoms with Gasteiger partial charge >= 0.3 is 6.61 Å². The minimum absolute atomic E-state index is 0.0765. The van der Waals surface area contributed by atoms with E-state index in [9.17, 15) is 13.6 Å². The van der Waals surface area contributed by atoms with Crippen LogP contribution in [0.4, 0.5) is 8.78 Å². The predicted octanol–water partition coefficient (Wildman–Crippen LogP) is 3.80. The van der Waals surface area contributed by atoms with Gasteiger partial charge in [-0.15, -0.1) is 0 Å². The highest BCUT2D eigenvalue weighted by Gasteiger charge is 2.13. The van der Waals surface area contributed by atoms with Crippen LogP contribution >= 0.6 is 0 Å². The zero-order valence-corrected chi connectivity index (χ0v) is 15.5. The number of methoxy groups -OCH3 is 2. The van der Waals surface area contributed by atoms with Crippen molar-refractivity contribution in [3.63, 3.8) is 0 Å². The lowest BCUT2D eigenvalue weighted by atomic mass is 10.1. The van der Waals surface area contributed by atoms with Crippen LogP contribution in [0.5, 0.6) is 23.0 Å². The van der Waals surface area contributed by atoms with Gasteiger partial charge < -0.3 is 24.3 Å². The molecule has 0 bridgehead atoms. The van der Waals surface area contributed by atoms with E-state index in [4.69, 9.17) is 14.2 Å². The average Bonchev–Trinajstić information content (AvgIpc) is 2.70. The summed E-state index contributed by atoms with van der Waals surface area (Å²) in [5, 5.41) is 2.74. The van der Waals surface area contributed by atoms with Crippen molar-refractivity contribution < 1.29 is 32.5 Å². The first-order valence-corrected chi connectivity index (χ1v) is 8.30. The van der Waals surface area contributed by atoms with E-state index in [2.05, 4.69) is 16.6 Å². The second kappa shape index (κ2) is 10.1. The Morgan fingerprint density at radius 1 is 1.07 bits per heavy atom. The van der Waals surface area contributed by atoms with Crippen LogP contribution in [0.15, 0.2) is 49.1 Å². The van der Waals surface area contributed by atoms with Crippen molar-refractivity contribution in [2.45, 2.75) is 13.2 Å². The first kappa shape index (κ1) is 21.0. The van der Waals surface area contributed by atoms with Gasteiger partial charge in [0, 0.05) is 12.1 Å². The Labute approximate surface area is 161 Å². The standard InChI is InChI=1S/C20H21F2NO5/c1-4-9-27-15-8-6-14(11-18(15)26-3)19(24)23-12-13-5-7-16(28-20(21)22)17(10-13)25-2/h4-8,10-11,20H,1,9,12H2,2-3H3,(H,23,24). The van der Waals surface area contributed by atoms with Gasteiger partial charge in [0.2, 0.25) is 0 Å². The topological polar surface area (TPSA) is 66.0 Å². The largest absolute Gasteiger partial charge is 0.493 e. The van der Waals surface area contributed by atoms with Crippen LogP contribution in [0.25, 0.3) is 0 Å². The van der Waals surface area contributed by atoms with Gasteiger partial charge in [0.1, 0.15) is 6.61 Å². The van der Waals surface area contributed by atoms with Crippen molar-refractivity contribution in [2.75, 3.05) is 20.8 Å². The molecule has 2 aromatic carbocycles. The molecule has 0 heterocycles. The third-order valence-electron chi connectivity index (χ3n) is 3.68. The zero-order chi connectivity index (χ0) is 20.5. The number of halogens is 2. The molecule has 8 heteroatoms. The molecular formula is C20H21F2NO5. The van der Waals surface area contributed by atoms with E-state index in [1.54, 1.807) is 30.3 Å². The number of rotatable bonds is 10. The average molecular weight is 393 g/mol. The van der Waals surface area contributed by atoms with E-state index in [0.29, 0.717) is 29.2 Å². The Bertz CT molecular complexity index is 826. The third kappa shape index (κ3) is 5.60. The van der Waals surface area contributed by atoms with Gasteiger partial charge in [-0.3, -0.25) is 4.79 Å². The molecule has 2 aromatic rings. The van der Waals surface area contributed by atoms with Crippen LogP contribution < -0.4 is 24.3 Å². The Morgan fingerprint density at radius 3 is 2.39 bits per heavy atom. The van der Waals surface area contributed by atoms with Crippen molar-refractivity contribution in [2.24, 2.45) is 0 Å². The van der Waals surface area contributed by atoms with Gasteiger partial charge in [-0.25, -0.2) is 0 Å². The zero-order valence-electron chi connectivity index (χ0n) is 15.5. The number of carbonyl (C=O) groups is 1. The van der Waals surface area contributed by atoms with E-state index in [1.165, 1.54) is 26.4 Å². The summed E-state index contributed by atoms with van der Waals surface area (Å²) >= 11 is 0. The second-order valence-electron chi connectivity index (χ2n) is 5.51. The molecule has 0 saturated carbocycles. The Hall–Kier alpha value is -3.29. The number of nitrogens with one attached hydrogen (secondary N) is 1. The summed E-state index contributed by atoms with van der Waals surface area (Å²) in [5.74, 6) is 0.660. The van der Waals surface area contributed by atoms with E-state index in [1.807, 2.05) is 0 Å². The quantitative estimate of drug-likeness (QED) is 0.622. The Kier molecular flexibility index (Phi) is 7.62. The lowest BCUT2D eigenvalue weighted by Gasteiger charge is -2.13. The molecule has 28 heavy (non-hydrogen) atoms. The van der Waals surface area contributed by atoms with Crippen molar-refractivity contribution in [3.8, 4) is 23.0 Å². The van der Waals surface area contributed by atoms with Crippen LogP contribution in [0.1, 0.15) is 15.9 Å². The highest BCUT2D eigenvalue weighted by atomic mass is 19.3. The lowest BCUT2D eigenvalue weighted by molar-refractivity contribution is -0.0512. The summed E-state index contributed by atoms with van der Waals surface area (Å²) in [6.45, 7) is 1.11. The fourth-order valence-electron chi connectivity index (χ4n) is 2.38. The normalized spacial score (nSPS) is 10.3. The molecule has 0 atom stereocenters. The molecule has 2 rings (SSSR count). The highest BCUT2D eigenvalue weighted by Crippen LogP contribution is 2.30.